The second-order valence-corrected chi connectivity index (χ2v) is 6.21. The number of aliphatic hydroxyl groups is 1. The second kappa shape index (κ2) is 7.06. The lowest BCUT2D eigenvalue weighted by atomic mass is 10.2. The summed E-state index contributed by atoms with van der Waals surface area (Å²) in [7, 11) is 1.79. The largest absolute Gasteiger partial charge is 0.394 e. The van der Waals surface area contributed by atoms with Crippen LogP contribution >= 0.6 is 11.3 Å². The van der Waals surface area contributed by atoms with Crippen molar-refractivity contribution in [3.63, 3.8) is 0 Å². The summed E-state index contributed by atoms with van der Waals surface area (Å²) < 4.78 is 5.58. The molecule has 0 unspecified atom stereocenters. The van der Waals surface area contributed by atoms with E-state index in [4.69, 9.17) is 9.84 Å². The third-order valence-electron chi connectivity index (χ3n) is 3.58. The van der Waals surface area contributed by atoms with Crippen LogP contribution in [0.5, 0.6) is 0 Å². The summed E-state index contributed by atoms with van der Waals surface area (Å²) in [6.45, 7) is 3.24. The molecule has 2 N–H and O–H groups in total. The maximum Gasteiger partial charge on any atom is 0.317 e. The Morgan fingerprint density at radius 2 is 2.30 bits per heavy atom. The fourth-order valence-electron chi connectivity index (χ4n) is 2.25. The lowest BCUT2D eigenvalue weighted by Gasteiger charge is -2.19. The average Bonchev–Trinajstić information content (AvgIpc) is 3.05. The van der Waals surface area contributed by atoms with Gasteiger partial charge in [-0.15, -0.1) is 11.3 Å². The zero-order valence-corrected chi connectivity index (χ0v) is 12.8. The molecule has 5 nitrogen and oxygen atoms in total. The highest BCUT2D eigenvalue weighted by Crippen LogP contribution is 2.19. The summed E-state index contributed by atoms with van der Waals surface area (Å²) in [5, 5.41) is 13.9. The van der Waals surface area contributed by atoms with Crippen LogP contribution in [0, 0.1) is 6.92 Å². The number of hydrogen-bond donors (Lipinski definition) is 2. The summed E-state index contributed by atoms with van der Waals surface area (Å²) >= 11 is 1.67. The zero-order valence-electron chi connectivity index (χ0n) is 12.0. The van der Waals surface area contributed by atoms with Gasteiger partial charge in [0.1, 0.15) is 0 Å². The van der Waals surface area contributed by atoms with Gasteiger partial charge >= 0.3 is 6.03 Å². The smallest absolute Gasteiger partial charge is 0.317 e. The molecule has 0 saturated carbocycles. The SMILES string of the molecule is Cc1ccsc1CN(C)C(=O)NC[C@H]1CC[C@@H](CO)O1. The van der Waals surface area contributed by atoms with Gasteiger partial charge in [0.05, 0.1) is 25.4 Å². The molecule has 0 aromatic carbocycles. The number of aryl methyl sites for hydroxylation is 1. The number of amides is 2. The minimum atomic E-state index is -0.0890. The number of carbonyl (C=O) groups excluding carboxylic acids is 1. The Kier molecular flexibility index (Phi) is 5.39. The van der Waals surface area contributed by atoms with E-state index in [0.29, 0.717) is 13.1 Å². The van der Waals surface area contributed by atoms with Gasteiger partial charge in [-0.05, 0) is 36.8 Å². The van der Waals surface area contributed by atoms with Crippen molar-refractivity contribution < 1.29 is 14.6 Å². The first kappa shape index (κ1) is 15.3. The Morgan fingerprint density at radius 1 is 1.55 bits per heavy atom. The van der Waals surface area contributed by atoms with Crippen LogP contribution in [0.2, 0.25) is 0 Å². The molecule has 2 heterocycles. The van der Waals surface area contributed by atoms with E-state index in [1.165, 1.54) is 10.4 Å². The molecular weight excluding hydrogens is 276 g/mol. The fraction of sp³-hybridized carbons (Fsp3) is 0.643. The van der Waals surface area contributed by atoms with Gasteiger partial charge in [0.15, 0.2) is 0 Å². The Balaban J connectivity index is 1.73. The van der Waals surface area contributed by atoms with Crippen molar-refractivity contribution in [2.75, 3.05) is 20.2 Å². The molecule has 1 aromatic heterocycles. The second-order valence-electron chi connectivity index (χ2n) is 5.21. The van der Waals surface area contributed by atoms with Crippen molar-refractivity contribution in [3.8, 4) is 0 Å². The van der Waals surface area contributed by atoms with Crippen molar-refractivity contribution >= 4 is 17.4 Å². The van der Waals surface area contributed by atoms with Gasteiger partial charge in [-0.3, -0.25) is 0 Å². The number of nitrogens with one attached hydrogen (secondary N) is 1. The average molecular weight is 298 g/mol. The molecule has 20 heavy (non-hydrogen) atoms. The molecule has 0 radical (unpaired) electrons. The zero-order chi connectivity index (χ0) is 14.5. The number of ether oxygens (including phenoxy) is 1. The van der Waals surface area contributed by atoms with Crippen LogP contribution < -0.4 is 5.32 Å². The Morgan fingerprint density at radius 3 is 2.90 bits per heavy atom. The van der Waals surface area contributed by atoms with Gasteiger partial charge in [-0.2, -0.15) is 0 Å². The van der Waals surface area contributed by atoms with Crippen molar-refractivity contribution in [1.82, 2.24) is 10.2 Å². The summed E-state index contributed by atoms with van der Waals surface area (Å²) in [6, 6.07) is 1.97. The molecule has 1 saturated heterocycles. The molecule has 6 heteroatoms. The first-order valence-electron chi connectivity index (χ1n) is 6.88. The van der Waals surface area contributed by atoms with E-state index < -0.39 is 0 Å². The molecule has 1 aliphatic rings. The fourth-order valence-corrected chi connectivity index (χ4v) is 3.21. The van der Waals surface area contributed by atoms with Crippen LogP contribution in [0.15, 0.2) is 11.4 Å². The van der Waals surface area contributed by atoms with Crippen molar-refractivity contribution in [2.45, 2.75) is 38.5 Å². The lowest BCUT2D eigenvalue weighted by Crippen LogP contribution is -2.40. The van der Waals surface area contributed by atoms with Crippen LogP contribution in [0.4, 0.5) is 4.79 Å². The van der Waals surface area contributed by atoms with Gasteiger partial charge in [0, 0.05) is 18.5 Å². The molecule has 0 spiro atoms. The molecule has 0 aliphatic carbocycles. The number of hydrogen-bond acceptors (Lipinski definition) is 4. The molecule has 0 bridgehead atoms. The minimum absolute atomic E-state index is 0.0213. The maximum atomic E-state index is 12.0. The van der Waals surface area contributed by atoms with Crippen molar-refractivity contribution in [2.24, 2.45) is 0 Å². The first-order valence-corrected chi connectivity index (χ1v) is 7.76. The molecule has 2 atom stereocenters. The summed E-state index contributed by atoms with van der Waals surface area (Å²) in [4.78, 5) is 14.9. The molecule has 1 fully saturated rings. The van der Waals surface area contributed by atoms with Crippen LogP contribution in [0.1, 0.15) is 23.3 Å². The van der Waals surface area contributed by atoms with Gasteiger partial charge in [0.25, 0.3) is 0 Å². The number of aliphatic hydroxyl groups excluding tert-OH is 1. The van der Waals surface area contributed by atoms with Crippen molar-refractivity contribution in [3.05, 3.63) is 21.9 Å². The van der Waals surface area contributed by atoms with Gasteiger partial charge in [0.2, 0.25) is 0 Å². The monoisotopic (exact) mass is 298 g/mol. The van der Waals surface area contributed by atoms with E-state index in [9.17, 15) is 4.79 Å². The highest BCUT2D eigenvalue weighted by Gasteiger charge is 2.25. The number of thiophene rings is 1. The highest BCUT2D eigenvalue weighted by atomic mass is 32.1. The van der Waals surface area contributed by atoms with Crippen LogP contribution in [0.3, 0.4) is 0 Å². The minimum Gasteiger partial charge on any atom is -0.394 e. The topological polar surface area (TPSA) is 61.8 Å². The molecule has 2 amide bonds. The molecule has 1 aliphatic heterocycles. The molecule has 112 valence electrons. The normalized spacial score (nSPS) is 21.9. The van der Waals surface area contributed by atoms with E-state index >= 15 is 0 Å². The van der Waals surface area contributed by atoms with Crippen LogP contribution in [-0.4, -0.2) is 48.4 Å². The quantitative estimate of drug-likeness (QED) is 0.870. The predicted octanol–water partition coefficient (Wildman–Crippen LogP) is 1.74. The summed E-state index contributed by atoms with van der Waals surface area (Å²) in [6.07, 6.45) is 1.71. The van der Waals surface area contributed by atoms with E-state index in [2.05, 4.69) is 18.3 Å². The first-order chi connectivity index (χ1) is 9.60. The van der Waals surface area contributed by atoms with Crippen LogP contribution in [0.25, 0.3) is 0 Å². The predicted molar refractivity (Wildman–Crippen MR) is 78.9 cm³/mol. The molecule has 1 aromatic rings. The molecule has 2 rings (SSSR count). The number of carbonyl (C=O) groups is 1. The lowest BCUT2D eigenvalue weighted by molar-refractivity contribution is 0.0130. The highest BCUT2D eigenvalue weighted by molar-refractivity contribution is 7.10. The third kappa shape index (κ3) is 3.94. The number of urea groups is 1. The van der Waals surface area contributed by atoms with E-state index in [-0.39, 0.29) is 24.8 Å². The Hall–Kier alpha value is -1.11. The molecular formula is C14H22N2O3S. The van der Waals surface area contributed by atoms with Crippen molar-refractivity contribution in [1.29, 1.82) is 0 Å². The van der Waals surface area contributed by atoms with E-state index in [1.54, 1.807) is 23.3 Å². The van der Waals surface area contributed by atoms with Crippen LogP contribution in [-0.2, 0) is 11.3 Å². The van der Waals surface area contributed by atoms with Gasteiger partial charge < -0.3 is 20.1 Å². The van der Waals surface area contributed by atoms with Gasteiger partial charge in [-0.25, -0.2) is 4.79 Å². The van der Waals surface area contributed by atoms with E-state index in [0.717, 1.165) is 12.8 Å². The Labute approximate surface area is 123 Å². The van der Waals surface area contributed by atoms with Gasteiger partial charge in [-0.1, -0.05) is 0 Å². The summed E-state index contributed by atoms with van der Waals surface area (Å²) in [5.41, 5.74) is 1.22. The number of rotatable bonds is 5. The third-order valence-corrected chi connectivity index (χ3v) is 4.58. The standard InChI is InChI=1S/C14H22N2O3S/c1-10-5-6-20-13(10)8-16(2)14(18)15-7-11-3-4-12(9-17)19-11/h5-6,11-12,17H,3-4,7-9H2,1-2H3,(H,15,18)/t11-,12+/m1/s1. The van der Waals surface area contributed by atoms with E-state index in [1.807, 2.05) is 5.38 Å². The maximum absolute atomic E-state index is 12.0. The number of nitrogens with zero attached hydrogens (tertiary/aromatic N) is 1. The Bertz CT molecular complexity index is 449. The summed E-state index contributed by atoms with van der Waals surface area (Å²) in [5.74, 6) is 0.